The third-order valence-electron chi connectivity index (χ3n) is 4.32. The average Bonchev–Trinajstić information content (AvgIpc) is 3.03. The van der Waals surface area contributed by atoms with Crippen molar-refractivity contribution in [3.8, 4) is 5.75 Å². The first-order valence-electron chi connectivity index (χ1n) is 8.27. The average molecular weight is 378 g/mol. The van der Waals surface area contributed by atoms with Gasteiger partial charge < -0.3 is 15.0 Å². The molecule has 1 N–H and O–H groups in total. The van der Waals surface area contributed by atoms with E-state index in [1.54, 1.807) is 6.07 Å². The summed E-state index contributed by atoms with van der Waals surface area (Å²) in [5.74, 6) is -3.94. The van der Waals surface area contributed by atoms with Crippen molar-refractivity contribution >= 4 is 17.5 Å². The molecule has 1 heterocycles. The van der Waals surface area contributed by atoms with Crippen LogP contribution in [0.4, 0.5) is 18.9 Å². The van der Waals surface area contributed by atoms with Crippen molar-refractivity contribution in [2.45, 2.75) is 13.0 Å². The maximum atomic E-state index is 14.5. The highest BCUT2D eigenvalue weighted by Gasteiger charge is 2.36. The molecule has 2 aromatic rings. The summed E-state index contributed by atoms with van der Waals surface area (Å²) in [6.07, 6.45) is -0.0709. The standard InChI is InChI=1S/C19H17F3N2O3/c1-23-19(26)12-6-18(25)24(9-12)16-7-15(22)17(8-14(16)21)27-10-11-3-2-4-13(20)5-11/h2-5,7-8,12H,6,9-10H2,1H3,(H,23,26). The predicted octanol–water partition coefficient (Wildman–Crippen LogP) is 2.78. The number of hydrogen-bond acceptors (Lipinski definition) is 3. The molecule has 3 rings (SSSR count). The first-order chi connectivity index (χ1) is 12.9. The van der Waals surface area contributed by atoms with Crippen LogP contribution >= 0.6 is 0 Å². The summed E-state index contributed by atoms with van der Waals surface area (Å²) < 4.78 is 47.2. The zero-order valence-corrected chi connectivity index (χ0v) is 14.5. The van der Waals surface area contributed by atoms with Crippen LogP contribution in [-0.4, -0.2) is 25.4 Å². The topological polar surface area (TPSA) is 58.6 Å². The number of nitrogens with zero attached hydrogens (tertiary/aromatic N) is 1. The fourth-order valence-corrected chi connectivity index (χ4v) is 2.94. The van der Waals surface area contributed by atoms with Crippen molar-refractivity contribution in [3.05, 3.63) is 59.4 Å². The molecule has 0 spiro atoms. The van der Waals surface area contributed by atoms with E-state index in [0.717, 1.165) is 17.0 Å². The van der Waals surface area contributed by atoms with Crippen molar-refractivity contribution in [1.29, 1.82) is 0 Å². The molecule has 1 aliphatic rings. The van der Waals surface area contributed by atoms with Gasteiger partial charge in [-0.25, -0.2) is 13.2 Å². The third kappa shape index (κ3) is 4.05. The van der Waals surface area contributed by atoms with Gasteiger partial charge in [0.25, 0.3) is 0 Å². The van der Waals surface area contributed by atoms with E-state index >= 15 is 0 Å². The van der Waals surface area contributed by atoms with Gasteiger partial charge in [-0.1, -0.05) is 12.1 Å². The Balaban J connectivity index is 1.77. The summed E-state index contributed by atoms with van der Waals surface area (Å²) in [5.41, 5.74) is 0.212. The Morgan fingerprint density at radius 2 is 2.00 bits per heavy atom. The van der Waals surface area contributed by atoms with E-state index in [1.807, 2.05) is 0 Å². The third-order valence-corrected chi connectivity index (χ3v) is 4.32. The van der Waals surface area contributed by atoms with E-state index in [-0.39, 0.29) is 36.9 Å². The second kappa shape index (κ2) is 7.69. The zero-order chi connectivity index (χ0) is 19.6. The Bertz CT molecular complexity index is 888. The van der Waals surface area contributed by atoms with E-state index < -0.39 is 29.3 Å². The molecule has 1 unspecified atom stereocenters. The van der Waals surface area contributed by atoms with Gasteiger partial charge in [-0.3, -0.25) is 9.59 Å². The van der Waals surface area contributed by atoms with E-state index in [1.165, 1.54) is 25.2 Å². The first kappa shape index (κ1) is 18.8. The summed E-state index contributed by atoms with van der Waals surface area (Å²) in [7, 11) is 1.44. The number of ether oxygens (including phenoxy) is 1. The molecular formula is C19H17F3N2O3. The number of rotatable bonds is 5. The minimum Gasteiger partial charge on any atom is -0.486 e. The Labute approximate surface area is 153 Å². The molecule has 1 aliphatic heterocycles. The van der Waals surface area contributed by atoms with Gasteiger partial charge in [-0.2, -0.15) is 0 Å². The maximum absolute atomic E-state index is 14.5. The van der Waals surface area contributed by atoms with Crippen LogP contribution < -0.4 is 15.0 Å². The molecule has 0 radical (unpaired) electrons. The van der Waals surface area contributed by atoms with Gasteiger partial charge in [0.15, 0.2) is 17.4 Å². The Morgan fingerprint density at radius 1 is 1.22 bits per heavy atom. The molecule has 2 aromatic carbocycles. The summed E-state index contributed by atoms with van der Waals surface area (Å²) in [6, 6.07) is 7.26. The lowest BCUT2D eigenvalue weighted by molar-refractivity contribution is -0.125. The summed E-state index contributed by atoms with van der Waals surface area (Å²) >= 11 is 0. The van der Waals surface area contributed by atoms with Gasteiger partial charge in [0.1, 0.15) is 12.4 Å². The lowest BCUT2D eigenvalue weighted by Gasteiger charge is -2.18. The molecule has 0 aliphatic carbocycles. The number of halogens is 3. The minimum atomic E-state index is -0.862. The second-order valence-electron chi connectivity index (χ2n) is 6.17. The smallest absolute Gasteiger partial charge is 0.227 e. The van der Waals surface area contributed by atoms with Crippen LogP contribution in [-0.2, 0) is 16.2 Å². The van der Waals surface area contributed by atoms with Gasteiger partial charge in [-0.15, -0.1) is 0 Å². The molecule has 1 fully saturated rings. The number of carbonyl (C=O) groups excluding carboxylic acids is 2. The number of nitrogens with one attached hydrogen (secondary N) is 1. The van der Waals surface area contributed by atoms with Crippen LogP contribution in [0.15, 0.2) is 36.4 Å². The van der Waals surface area contributed by atoms with Crippen molar-refractivity contribution < 1.29 is 27.5 Å². The molecular weight excluding hydrogens is 361 g/mol. The fourth-order valence-electron chi connectivity index (χ4n) is 2.94. The Hall–Kier alpha value is -3.03. The molecule has 8 heteroatoms. The van der Waals surface area contributed by atoms with Crippen LogP contribution in [0.2, 0.25) is 0 Å². The number of hydrogen-bond donors (Lipinski definition) is 1. The summed E-state index contributed by atoms with van der Waals surface area (Å²) in [5, 5.41) is 2.44. The SMILES string of the molecule is CNC(=O)C1CC(=O)N(c2cc(F)c(OCc3cccc(F)c3)cc2F)C1. The molecule has 1 atom stereocenters. The Morgan fingerprint density at radius 3 is 2.70 bits per heavy atom. The van der Waals surface area contributed by atoms with E-state index in [4.69, 9.17) is 4.74 Å². The van der Waals surface area contributed by atoms with Crippen LogP contribution in [0.1, 0.15) is 12.0 Å². The molecule has 0 bridgehead atoms. The normalized spacial score (nSPS) is 16.5. The van der Waals surface area contributed by atoms with Crippen LogP contribution in [0.5, 0.6) is 5.75 Å². The predicted molar refractivity (Wildman–Crippen MR) is 91.6 cm³/mol. The maximum Gasteiger partial charge on any atom is 0.227 e. The number of amides is 2. The van der Waals surface area contributed by atoms with E-state index in [2.05, 4.69) is 5.32 Å². The highest BCUT2D eigenvalue weighted by molar-refractivity contribution is 6.00. The van der Waals surface area contributed by atoms with Crippen molar-refractivity contribution in [2.75, 3.05) is 18.5 Å². The minimum absolute atomic E-state index is 0.0294. The van der Waals surface area contributed by atoms with E-state index in [9.17, 15) is 22.8 Å². The molecule has 27 heavy (non-hydrogen) atoms. The molecule has 0 saturated carbocycles. The molecule has 2 amide bonds. The van der Waals surface area contributed by atoms with E-state index in [0.29, 0.717) is 5.56 Å². The van der Waals surface area contributed by atoms with Crippen LogP contribution in [0.3, 0.4) is 0 Å². The number of carbonyl (C=O) groups is 2. The van der Waals surface area contributed by atoms with Crippen LogP contribution in [0.25, 0.3) is 0 Å². The number of anilines is 1. The van der Waals surface area contributed by atoms with Crippen molar-refractivity contribution in [3.63, 3.8) is 0 Å². The quantitative estimate of drug-likeness (QED) is 0.871. The number of benzene rings is 2. The highest BCUT2D eigenvalue weighted by atomic mass is 19.1. The molecule has 5 nitrogen and oxygen atoms in total. The zero-order valence-electron chi connectivity index (χ0n) is 14.5. The molecule has 142 valence electrons. The van der Waals surface area contributed by atoms with Gasteiger partial charge in [0.2, 0.25) is 11.8 Å². The lowest BCUT2D eigenvalue weighted by atomic mass is 10.1. The first-order valence-corrected chi connectivity index (χ1v) is 8.27. The molecule has 0 aromatic heterocycles. The fraction of sp³-hybridized carbons (Fsp3) is 0.263. The van der Waals surface area contributed by atoms with Crippen LogP contribution in [0, 0.1) is 23.4 Å². The highest BCUT2D eigenvalue weighted by Crippen LogP contribution is 2.32. The Kier molecular flexibility index (Phi) is 5.34. The van der Waals surface area contributed by atoms with Gasteiger partial charge in [0, 0.05) is 32.1 Å². The molecule has 1 saturated heterocycles. The van der Waals surface area contributed by atoms with Gasteiger partial charge in [0.05, 0.1) is 11.6 Å². The van der Waals surface area contributed by atoms with Gasteiger partial charge >= 0.3 is 0 Å². The van der Waals surface area contributed by atoms with Crippen molar-refractivity contribution in [1.82, 2.24) is 5.32 Å². The lowest BCUT2D eigenvalue weighted by Crippen LogP contribution is -2.31. The largest absolute Gasteiger partial charge is 0.486 e. The van der Waals surface area contributed by atoms with Gasteiger partial charge in [-0.05, 0) is 17.7 Å². The summed E-state index contributed by atoms with van der Waals surface area (Å²) in [4.78, 5) is 24.8. The monoisotopic (exact) mass is 378 g/mol. The van der Waals surface area contributed by atoms with Crippen molar-refractivity contribution in [2.24, 2.45) is 5.92 Å². The second-order valence-corrected chi connectivity index (χ2v) is 6.17. The summed E-state index contributed by atoms with van der Waals surface area (Å²) in [6.45, 7) is -0.173.